The zero-order valence-electron chi connectivity index (χ0n) is 17.8. The molecule has 0 bridgehead atoms. The number of aliphatic imine (C=N–C) groups is 1. The number of ether oxygens (including phenoxy) is 2. The monoisotopic (exact) mass is 420 g/mol. The molecule has 7 heteroatoms. The van der Waals surface area contributed by atoms with Crippen LogP contribution in [0.2, 0.25) is 0 Å². The van der Waals surface area contributed by atoms with Gasteiger partial charge in [0, 0.05) is 37.0 Å². The van der Waals surface area contributed by atoms with E-state index in [1.165, 1.54) is 5.56 Å². The van der Waals surface area contributed by atoms with Crippen LogP contribution in [-0.4, -0.2) is 58.3 Å². The molecule has 1 aromatic carbocycles. The van der Waals surface area contributed by atoms with Crippen molar-refractivity contribution in [1.82, 2.24) is 14.5 Å². The Balaban J connectivity index is 1.58. The highest BCUT2D eigenvalue weighted by Gasteiger charge is 2.27. The van der Waals surface area contributed by atoms with Crippen LogP contribution in [0.4, 0.5) is 0 Å². The van der Waals surface area contributed by atoms with Crippen molar-refractivity contribution in [3.05, 3.63) is 53.6 Å². The fourth-order valence-corrected chi connectivity index (χ4v) is 4.72. The number of benzene rings is 1. The number of aromatic nitrogens is 3. The van der Waals surface area contributed by atoms with Crippen LogP contribution >= 0.6 is 0 Å². The second-order valence-corrected chi connectivity index (χ2v) is 8.42. The summed E-state index contributed by atoms with van der Waals surface area (Å²) in [6, 6.07) is 6.74. The summed E-state index contributed by atoms with van der Waals surface area (Å²) in [5, 5.41) is 12.4. The van der Waals surface area contributed by atoms with Gasteiger partial charge in [-0.2, -0.15) is 0 Å². The van der Waals surface area contributed by atoms with Crippen molar-refractivity contribution in [2.75, 3.05) is 33.0 Å². The molecular formula is C24H28N4O3. The summed E-state index contributed by atoms with van der Waals surface area (Å²) in [5.74, 6) is 0.594. The van der Waals surface area contributed by atoms with Crippen molar-refractivity contribution in [2.24, 2.45) is 4.99 Å². The SMILES string of the molecule is CC(Cc1ccc2c(c1)c(C1=NCCOC1)c(O)n2C1CCOCC1)c1cncnc1. The van der Waals surface area contributed by atoms with Gasteiger partial charge in [-0.15, -0.1) is 0 Å². The summed E-state index contributed by atoms with van der Waals surface area (Å²) < 4.78 is 13.3. The van der Waals surface area contributed by atoms with E-state index in [9.17, 15) is 5.11 Å². The minimum Gasteiger partial charge on any atom is -0.494 e. The summed E-state index contributed by atoms with van der Waals surface area (Å²) in [6.45, 7) is 5.32. The number of nitrogens with zero attached hydrogens (tertiary/aromatic N) is 4. The van der Waals surface area contributed by atoms with Gasteiger partial charge in [0.05, 0.1) is 36.6 Å². The van der Waals surface area contributed by atoms with Gasteiger partial charge in [-0.1, -0.05) is 13.0 Å². The molecule has 0 saturated carbocycles. The molecular weight excluding hydrogens is 392 g/mol. The average molecular weight is 421 g/mol. The van der Waals surface area contributed by atoms with E-state index in [1.807, 2.05) is 12.4 Å². The van der Waals surface area contributed by atoms with Crippen molar-refractivity contribution in [1.29, 1.82) is 0 Å². The summed E-state index contributed by atoms with van der Waals surface area (Å²) in [6.07, 6.45) is 7.98. The Morgan fingerprint density at radius 1 is 1.13 bits per heavy atom. The topological polar surface area (TPSA) is 81.8 Å². The van der Waals surface area contributed by atoms with Crippen molar-refractivity contribution in [3.63, 3.8) is 0 Å². The van der Waals surface area contributed by atoms with Gasteiger partial charge >= 0.3 is 0 Å². The molecule has 0 aliphatic carbocycles. The molecule has 4 heterocycles. The van der Waals surface area contributed by atoms with E-state index in [0.717, 1.165) is 60.2 Å². The van der Waals surface area contributed by atoms with E-state index in [4.69, 9.17) is 9.47 Å². The van der Waals surface area contributed by atoms with Gasteiger partial charge in [-0.05, 0) is 48.4 Å². The Hall–Kier alpha value is -2.77. The van der Waals surface area contributed by atoms with Crippen LogP contribution < -0.4 is 0 Å². The maximum atomic E-state index is 11.3. The third-order valence-corrected chi connectivity index (χ3v) is 6.35. The molecule has 7 nitrogen and oxygen atoms in total. The second-order valence-electron chi connectivity index (χ2n) is 8.42. The molecule has 3 aromatic rings. The largest absolute Gasteiger partial charge is 0.494 e. The molecule has 1 saturated heterocycles. The Morgan fingerprint density at radius 2 is 1.94 bits per heavy atom. The molecule has 1 N–H and O–H groups in total. The standard InChI is InChI=1S/C24H28N4O3/c1-16(18-12-25-15-26-13-18)10-17-2-3-22-20(11-17)23(21-14-31-9-6-27-21)24(29)28(22)19-4-7-30-8-5-19/h2-3,11-13,15-16,19,29H,4-10,14H2,1H3. The molecule has 162 valence electrons. The predicted octanol–water partition coefficient (Wildman–Crippen LogP) is 3.65. The highest BCUT2D eigenvalue weighted by atomic mass is 16.5. The highest BCUT2D eigenvalue weighted by Crippen LogP contribution is 2.39. The Morgan fingerprint density at radius 3 is 2.68 bits per heavy atom. The fourth-order valence-electron chi connectivity index (χ4n) is 4.72. The lowest BCUT2D eigenvalue weighted by Gasteiger charge is -2.25. The first-order chi connectivity index (χ1) is 15.2. The molecule has 0 radical (unpaired) electrons. The average Bonchev–Trinajstić information content (AvgIpc) is 3.11. The van der Waals surface area contributed by atoms with Gasteiger partial charge in [0.1, 0.15) is 6.33 Å². The number of fused-ring (bicyclic) bond motifs is 1. The van der Waals surface area contributed by atoms with E-state index in [0.29, 0.717) is 31.6 Å². The van der Waals surface area contributed by atoms with E-state index in [1.54, 1.807) is 6.33 Å². The van der Waals surface area contributed by atoms with Gasteiger partial charge in [-0.3, -0.25) is 4.99 Å². The molecule has 0 amide bonds. The van der Waals surface area contributed by atoms with Crippen molar-refractivity contribution in [2.45, 2.75) is 38.1 Å². The van der Waals surface area contributed by atoms with Crippen LogP contribution in [0.3, 0.4) is 0 Å². The quantitative estimate of drug-likeness (QED) is 0.681. The molecule has 2 aromatic heterocycles. The lowest BCUT2D eigenvalue weighted by molar-refractivity contribution is 0.0688. The van der Waals surface area contributed by atoms with Crippen LogP contribution in [0.15, 0.2) is 41.9 Å². The van der Waals surface area contributed by atoms with E-state index in [-0.39, 0.29) is 6.04 Å². The first kappa shape index (κ1) is 20.2. The minimum atomic E-state index is 0.223. The van der Waals surface area contributed by atoms with Crippen LogP contribution in [0.5, 0.6) is 5.88 Å². The molecule has 1 unspecified atom stereocenters. The first-order valence-electron chi connectivity index (χ1n) is 11.0. The van der Waals surface area contributed by atoms with E-state index >= 15 is 0 Å². The third kappa shape index (κ3) is 3.95. The van der Waals surface area contributed by atoms with Crippen molar-refractivity contribution in [3.8, 4) is 5.88 Å². The zero-order chi connectivity index (χ0) is 21.2. The zero-order valence-corrected chi connectivity index (χ0v) is 17.8. The summed E-state index contributed by atoms with van der Waals surface area (Å²) in [4.78, 5) is 13.0. The van der Waals surface area contributed by atoms with Crippen LogP contribution in [0, 0.1) is 0 Å². The molecule has 31 heavy (non-hydrogen) atoms. The summed E-state index contributed by atoms with van der Waals surface area (Å²) >= 11 is 0. The highest BCUT2D eigenvalue weighted by molar-refractivity contribution is 6.14. The summed E-state index contributed by atoms with van der Waals surface area (Å²) in [5.41, 5.74) is 5.04. The van der Waals surface area contributed by atoms with Gasteiger partial charge in [0.2, 0.25) is 5.88 Å². The lowest BCUT2D eigenvalue weighted by Crippen LogP contribution is -2.20. The smallest absolute Gasteiger partial charge is 0.201 e. The van der Waals surface area contributed by atoms with Crippen molar-refractivity contribution < 1.29 is 14.6 Å². The first-order valence-corrected chi connectivity index (χ1v) is 11.0. The van der Waals surface area contributed by atoms with Crippen LogP contribution in [0.1, 0.15) is 48.4 Å². The van der Waals surface area contributed by atoms with Crippen LogP contribution in [-0.2, 0) is 15.9 Å². The van der Waals surface area contributed by atoms with E-state index in [2.05, 4.69) is 44.7 Å². The summed E-state index contributed by atoms with van der Waals surface area (Å²) in [7, 11) is 0. The van der Waals surface area contributed by atoms with Gasteiger partial charge < -0.3 is 19.1 Å². The van der Waals surface area contributed by atoms with Gasteiger partial charge in [0.15, 0.2) is 0 Å². The molecule has 1 atom stereocenters. The number of rotatable bonds is 5. The van der Waals surface area contributed by atoms with Crippen molar-refractivity contribution >= 4 is 16.6 Å². The molecule has 2 aliphatic heterocycles. The Bertz CT molecular complexity index is 1090. The molecule has 5 rings (SSSR count). The molecule has 2 aliphatic rings. The number of hydrogen-bond donors (Lipinski definition) is 1. The maximum absolute atomic E-state index is 11.3. The second kappa shape index (κ2) is 8.77. The normalized spacial score (nSPS) is 18.8. The fraction of sp³-hybridized carbons (Fsp3) is 0.458. The number of aromatic hydroxyl groups is 1. The van der Waals surface area contributed by atoms with Crippen LogP contribution in [0.25, 0.3) is 10.9 Å². The maximum Gasteiger partial charge on any atom is 0.201 e. The Labute approximate surface area is 181 Å². The lowest BCUT2D eigenvalue weighted by atomic mass is 9.94. The predicted molar refractivity (Wildman–Crippen MR) is 119 cm³/mol. The van der Waals surface area contributed by atoms with E-state index < -0.39 is 0 Å². The molecule has 0 spiro atoms. The molecule has 1 fully saturated rings. The van der Waals surface area contributed by atoms with Gasteiger partial charge in [0.25, 0.3) is 0 Å². The number of hydrogen-bond acceptors (Lipinski definition) is 6. The Kier molecular flexibility index (Phi) is 5.70. The van der Waals surface area contributed by atoms with Gasteiger partial charge in [-0.25, -0.2) is 9.97 Å². The third-order valence-electron chi connectivity index (χ3n) is 6.35. The minimum absolute atomic E-state index is 0.223.